The van der Waals surface area contributed by atoms with Gasteiger partial charge in [0.25, 0.3) is 0 Å². The van der Waals surface area contributed by atoms with Crippen LogP contribution in [0.2, 0.25) is 0 Å². The van der Waals surface area contributed by atoms with Gasteiger partial charge >= 0.3 is 5.97 Å². The van der Waals surface area contributed by atoms with Crippen LogP contribution in [0.3, 0.4) is 0 Å². The molecule has 2 rings (SSSR count). The number of hydrogen-bond acceptors (Lipinski definition) is 2. The Balaban J connectivity index is 2.22. The number of aliphatic carboxylic acids is 1. The van der Waals surface area contributed by atoms with Crippen molar-refractivity contribution >= 4 is 27.8 Å². The van der Waals surface area contributed by atoms with Crippen LogP contribution in [0.4, 0.5) is 0 Å². The number of carboxylic acids is 1. The van der Waals surface area contributed by atoms with Gasteiger partial charge in [-0.3, -0.25) is 9.59 Å². The third-order valence-electron chi connectivity index (χ3n) is 4.36. The van der Waals surface area contributed by atoms with E-state index in [2.05, 4.69) is 15.9 Å². The van der Waals surface area contributed by atoms with Gasteiger partial charge in [-0.05, 0) is 44.9 Å². The molecule has 1 unspecified atom stereocenters. The van der Waals surface area contributed by atoms with E-state index in [0.29, 0.717) is 13.0 Å². The molecule has 0 spiro atoms. The fourth-order valence-corrected chi connectivity index (χ4v) is 3.10. The number of halogens is 1. The van der Waals surface area contributed by atoms with E-state index in [1.165, 1.54) is 0 Å². The summed E-state index contributed by atoms with van der Waals surface area (Å²) in [6.07, 6.45) is 0.503. The van der Waals surface area contributed by atoms with Crippen LogP contribution in [0.5, 0.6) is 0 Å². The normalized spacial score (nSPS) is 22.4. The predicted molar refractivity (Wildman–Crippen MR) is 84.1 cm³/mol. The molecule has 1 N–H and O–H groups in total. The zero-order valence-corrected chi connectivity index (χ0v) is 14.1. The monoisotopic (exact) mass is 353 g/mol. The summed E-state index contributed by atoms with van der Waals surface area (Å²) >= 11 is 3.42. The minimum atomic E-state index is -0.835. The van der Waals surface area contributed by atoms with Crippen molar-refractivity contribution in [3.63, 3.8) is 0 Å². The van der Waals surface area contributed by atoms with Crippen LogP contribution in [-0.4, -0.2) is 35.0 Å². The molecular formula is C16H20BrNO3. The van der Waals surface area contributed by atoms with E-state index in [-0.39, 0.29) is 12.5 Å². The maximum absolute atomic E-state index is 12.8. The Hall–Kier alpha value is -1.36. The molecular weight excluding hydrogens is 334 g/mol. The maximum atomic E-state index is 12.8. The van der Waals surface area contributed by atoms with Gasteiger partial charge in [0.15, 0.2) is 0 Å². The van der Waals surface area contributed by atoms with E-state index in [9.17, 15) is 14.7 Å². The molecule has 0 aliphatic carbocycles. The van der Waals surface area contributed by atoms with Gasteiger partial charge in [0, 0.05) is 17.6 Å². The number of carboxylic acid groups (broad SMARTS) is 1. The van der Waals surface area contributed by atoms with Gasteiger partial charge in [0.1, 0.15) is 0 Å². The largest absolute Gasteiger partial charge is 0.481 e. The summed E-state index contributed by atoms with van der Waals surface area (Å²) in [5.41, 5.74) is -0.581. The molecule has 21 heavy (non-hydrogen) atoms. The van der Waals surface area contributed by atoms with E-state index < -0.39 is 16.8 Å². The summed E-state index contributed by atoms with van der Waals surface area (Å²) in [4.78, 5) is 25.8. The second-order valence-corrected chi connectivity index (χ2v) is 7.39. The molecule has 1 amide bonds. The molecule has 0 aromatic heterocycles. The molecule has 114 valence electrons. The first-order valence-electron chi connectivity index (χ1n) is 6.96. The number of nitrogens with zero attached hydrogens (tertiary/aromatic N) is 1. The average molecular weight is 354 g/mol. The van der Waals surface area contributed by atoms with Crippen molar-refractivity contribution in [3.8, 4) is 0 Å². The zero-order valence-electron chi connectivity index (χ0n) is 12.5. The Bertz CT molecular complexity index is 585. The minimum absolute atomic E-state index is 0.0226. The minimum Gasteiger partial charge on any atom is -0.481 e. The van der Waals surface area contributed by atoms with Gasteiger partial charge < -0.3 is 10.0 Å². The first-order chi connectivity index (χ1) is 9.67. The molecule has 5 heteroatoms. The lowest BCUT2D eigenvalue weighted by Crippen LogP contribution is -2.44. The molecule has 1 aromatic carbocycles. The summed E-state index contributed by atoms with van der Waals surface area (Å²) in [7, 11) is 0. The van der Waals surface area contributed by atoms with Crippen molar-refractivity contribution in [1.82, 2.24) is 4.90 Å². The van der Waals surface area contributed by atoms with Crippen molar-refractivity contribution < 1.29 is 14.7 Å². The lowest BCUT2D eigenvalue weighted by Gasteiger charge is -2.30. The van der Waals surface area contributed by atoms with E-state index in [4.69, 9.17) is 0 Å². The van der Waals surface area contributed by atoms with Gasteiger partial charge in [-0.25, -0.2) is 0 Å². The highest BCUT2D eigenvalue weighted by molar-refractivity contribution is 9.10. The lowest BCUT2D eigenvalue weighted by molar-refractivity contribution is -0.147. The van der Waals surface area contributed by atoms with Gasteiger partial charge in [-0.1, -0.05) is 28.1 Å². The summed E-state index contributed by atoms with van der Waals surface area (Å²) in [6, 6.07) is 7.68. The number of rotatable bonds is 3. The first kappa shape index (κ1) is 16.0. The molecule has 1 heterocycles. The summed E-state index contributed by atoms with van der Waals surface area (Å²) in [5, 5.41) is 9.28. The fraction of sp³-hybridized carbons (Fsp3) is 0.500. The Morgan fingerprint density at radius 3 is 2.57 bits per heavy atom. The van der Waals surface area contributed by atoms with Crippen molar-refractivity contribution in [2.24, 2.45) is 5.41 Å². The number of amides is 1. The van der Waals surface area contributed by atoms with E-state index in [1.54, 1.807) is 11.8 Å². The number of hydrogen-bond donors (Lipinski definition) is 1. The smallest absolute Gasteiger partial charge is 0.311 e. The van der Waals surface area contributed by atoms with Crippen LogP contribution < -0.4 is 0 Å². The molecule has 4 nitrogen and oxygen atoms in total. The number of likely N-dealkylation sites (tertiary alicyclic amines) is 1. The van der Waals surface area contributed by atoms with Crippen LogP contribution in [0.15, 0.2) is 28.7 Å². The summed E-state index contributed by atoms with van der Waals surface area (Å²) in [6.45, 7) is 6.24. The molecule has 1 fully saturated rings. The van der Waals surface area contributed by atoms with Gasteiger partial charge in [-0.15, -0.1) is 0 Å². The SMILES string of the molecule is CC1(C(=O)O)CCN(C(=O)C(C)(C)c2cccc(Br)c2)C1. The van der Waals surface area contributed by atoms with Crippen LogP contribution in [0.25, 0.3) is 0 Å². The molecule has 0 bridgehead atoms. The van der Waals surface area contributed by atoms with Gasteiger partial charge in [-0.2, -0.15) is 0 Å². The van der Waals surface area contributed by atoms with Crippen LogP contribution in [0, 0.1) is 5.41 Å². The number of benzene rings is 1. The highest BCUT2D eigenvalue weighted by Crippen LogP contribution is 2.34. The second-order valence-electron chi connectivity index (χ2n) is 6.48. The standard InChI is InChI=1S/C16H20BrNO3/c1-15(2,11-5-4-6-12(17)9-11)13(19)18-8-7-16(3,10-18)14(20)21/h4-6,9H,7-8,10H2,1-3H3,(H,20,21). The van der Waals surface area contributed by atoms with Crippen molar-refractivity contribution in [3.05, 3.63) is 34.3 Å². The Morgan fingerprint density at radius 2 is 2.05 bits per heavy atom. The summed E-state index contributed by atoms with van der Waals surface area (Å²) < 4.78 is 0.928. The Labute approximate surface area is 133 Å². The van der Waals surface area contributed by atoms with E-state index >= 15 is 0 Å². The lowest BCUT2D eigenvalue weighted by atomic mass is 9.83. The van der Waals surface area contributed by atoms with E-state index in [1.807, 2.05) is 38.1 Å². The van der Waals surface area contributed by atoms with Gasteiger partial charge in [0.2, 0.25) is 5.91 Å². The molecule has 1 atom stereocenters. The van der Waals surface area contributed by atoms with Crippen molar-refractivity contribution in [1.29, 1.82) is 0 Å². The third-order valence-corrected chi connectivity index (χ3v) is 4.85. The number of carbonyl (C=O) groups excluding carboxylic acids is 1. The molecule has 0 radical (unpaired) electrons. The van der Waals surface area contributed by atoms with Gasteiger partial charge in [0.05, 0.1) is 10.8 Å². The Kier molecular flexibility index (Phi) is 4.15. The second kappa shape index (κ2) is 5.44. The number of carbonyl (C=O) groups is 2. The van der Waals surface area contributed by atoms with Crippen LogP contribution >= 0.6 is 15.9 Å². The van der Waals surface area contributed by atoms with Crippen molar-refractivity contribution in [2.75, 3.05) is 13.1 Å². The topological polar surface area (TPSA) is 57.6 Å². The van der Waals surface area contributed by atoms with Crippen molar-refractivity contribution in [2.45, 2.75) is 32.6 Å². The molecule has 0 saturated carbocycles. The zero-order chi connectivity index (χ0) is 15.8. The quantitative estimate of drug-likeness (QED) is 0.908. The van der Waals surface area contributed by atoms with Crippen LogP contribution in [0.1, 0.15) is 32.8 Å². The fourth-order valence-electron chi connectivity index (χ4n) is 2.70. The molecule has 1 aromatic rings. The highest BCUT2D eigenvalue weighted by atomic mass is 79.9. The Morgan fingerprint density at radius 1 is 1.38 bits per heavy atom. The van der Waals surface area contributed by atoms with Crippen LogP contribution in [-0.2, 0) is 15.0 Å². The predicted octanol–water partition coefficient (Wildman–Crippen LogP) is 3.05. The molecule has 1 saturated heterocycles. The first-order valence-corrected chi connectivity index (χ1v) is 7.75. The van der Waals surface area contributed by atoms with E-state index in [0.717, 1.165) is 10.0 Å². The molecule has 1 aliphatic rings. The highest BCUT2D eigenvalue weighted by Gasteiger charge is 2.45. The maximum Gasteiger partial charge on any atom is 0.311 e. The molecule has 1 aliphatic heterocycles. The third kappa shape index (κ3) is 2.98. The average Bonchev–Trinajstić information content (AvgIpc) is 2.82. The summed E-state index contributed by atoms with van der Waals surface area (Å²) in [5.74, 6) is -0.858.